The number of rotatable bonds is 7. The molecule has 0 spiro atoms. The third-order valence-electron chi connectivity index (χ3n) is 2.79. The van der Waals surface area contributed by atoms with Crippen LogP contribution in [-0.4, -0.2) is 20.3 Å². The lowest BCUT2D eigenvalue weighted by molar-refractivity contribution is 0.194. The van der Waals surface area contributed by atoms with Crippen LogP contribution < -0.4 is 5.32 Å². The first-order valence-corrected chi connectivity index (χ1v) is 6.34. The Kier molecular flexibility index (Phi) is 7.30. The van der Waals surface area contributed by atoms with Gasteiger partial charge in [-0.15, -0.1) is 12.4 Å². The number of hydrogen-bond donors (Lipinski definition) is 1. The van der Waals surface area contributed by atoms with Crippen LogP contribution >= 0.6 is 12.4 Å². The second-order valence-electron chi connectivity index (χ2n) is 4.30. The van der Waals surface area contributed by atoms with Crippen LogP contribution in [0.3, 0.4) is 0 Å². The molecule has 0 aliphatic carbocycles. The summed E-state index contributed by atoms with van der Waals surface area (Å²) in [5, 5.41) is 3.28. The van der Waals surface area contributed by atoms with Crippen LogP contribution in [0.25, 0.3) is 11.3 Å². The fourth-order valence-electron chi connectivity index (χ4n) is 1.80. The van der Waals surface area contributed by atoms with E-state index >= 15 is 0 Å². The number of methoxy groups -OCH3 is 1. The summed E-state index contributed by atoms with van der Waals surface area (Å²) in [7, 11) is 1.70. The van der Waals surface area contributed by atoms with E-state index in [4.69, 9.17) is 9.15 Å². The molecule has 0 saturated heterocycles. The van der Waals surface area contributed by atoms with Gasteiger partial charge in [0.05, 0.1) is 6.54 Å². The topological polar surface area (TPSA) is 34.4 Å². The second-order valence-corrected chi connectivity index (χ2v) is 4.30. The van der Waals surface area contributed by atoms with Crippen LogP contribution in [0.2, 0.25) is 0 Å². The standard InChI is InChI=1S/C15H18FNO2.ClH/c1-18-10-2-9-17-11-14-7-8-15(19-14)12-3-5-13(16)6-4-12;/h3-8,17H,2,9-11H2,1H3;1H. The van der Waals surface area contributed by atoms with Gasteiger partial charge in [-0.05, 0) is 49.4 Å². The summed E-state index contributed by atoms with van der Waals surface area (Å²) in [5.41, 5.74) is 0.882. The Morgan fingerprint density at radius 2 is 1.90 bits per heavy atom. The summed E-state index contributed by atoms with van der Waals surface area (Å²) in [6.07, 6.45) is 0.974. The van der Waals surface area contributed by atoms with E-state index in [-0.39, 0.29) is 18.2 Å². The number of ether oxygens (including phenoxy) is 1. The molecule has 2 rings (SSSR count). The van der Waals surface area contributed by atoms with E-state index < -0.39 is 0 Å². The molecule has 20 heavy (non-hydrogen) atoms. The zero-order valence-electron chi connectivity index (χ0n) is 11.4. The predicted molar refractivity (Wildman–Crippen MR) is 79.5 cm³/mol. The molecule has 0 amide bonds. The molecule has 0 bridgehead atoms. The molecule has 1 aromatic heterocycles. The minimum atomic E-state index is -0.240. The molecule has 0 atom stereocenters. The fraction of sp³-hybridized carbons (Fsp3) is 0.333. The first-order chi connectivity index (χ1) is 9.29. The van der Waals surface area contributed by atoms with Gasteiger partial charge < -0.3 is 14.5 Å². The molecule has 3 nitrogen and oxygen atoms in total. The first-order valence-electron chi connectivity index (χ1n) is 6.34. The summed E-state index contributed by atoms with van der Waals surface area (Å²) >= 11 is 0. The average molecular weight is 300 g/mol. The van der Waals surface area contributed by atoms with Crippen molar-refractivity contribution in [2.24, 2.45) is 0 Å². The van der Waals surface area contributed by atoms with Crippen molar-refractivity contribution in [3.8, 4) is 11.3 Å². The zero-order chi connectivity index (χ0) is 13.5. The third-order valence-corrected chi connectivity index (χ3v) is 2.79. The molecule has 1 aromatic carbocycles. The molecular weight excluding hydrogens is 281 g/mol. The second kappa shape index (κ2) is 8.74. The van der Waals surface area contributed by atoms with Crippen molar-refractivity contribution in [3.63, 3.8) is 0 Å². The zero-order valence-corrected chi connectivity index (χ0v) is 12.2. The van der Waals surface area contributed by atoms with E-state index in [9.17, 15) is 4.39 Å². The smallest absolute Gasteiger partial charge is 0.134 e. The van der Waals surface area contributed by atoms with Gasteiger partial charge in [-0.1, -0.05) is 0 Å². The lowest BCUT2D eigenvalue weighted by atomic mass is 10.2. The van der Waals surface area contributed by atoms with E-state index in [0.717, 1.165) is 36.7 Å². The van der Waals surface area contributed by atoms with Gasteiger partial charge in [-0.2, -0.15) is 0 Å². The number of hydrogen-bond acceptors (Lipinski definition) is 3. The highest BCUT2D eigenvalue weighted by Gasteiger charge is 2.04. The number of furan rings is 1. The molecule has 0 aliphatic rings. The van der Waals surface area contributed by atoms with Gasteiger partial charge in [0, 0.05) is 19.3 Å². The molecule has 0 radical (unpaired) electrons. The molecular formula is C15H19ClFNO2. The van der Waals surface area contributed by atoms with Gasteiger partial charge in [0.2, 0.25) is 0 Å². The third kappa shape index (κ3) is 4.96. The molecule has 0 fully saturated rings. The highest BCUT2D eigenvalue weighted by atomic mass is 35.5. The van der Waals surface area contributed by atoms with Crippen LogP contribution in [0, 0.1) is 5.82 Å². The summed E-state index contributed by atoms with van der Waals surface area (Å²) in [6, 6.07) is 10.1. The van der Waals surface area contributed by atoms with Gasteiger partial charge >= 0.3 is 0 Å². The van der Waals surface area contributed by atoms with E-state index in [1.165, 1.54) is 12.1 Å². The molecule has 110 valence electrons. The lowest BCUT2D eigenvalue weighted by Crippen LogP contribution is -2.15. The van der Waals surface area contributed by atoms with E-state index in [1.54, 1.807) is 19.2 Å². The van der Waals surface area contributed by atoms with Gasteiger partial charge in [0.1, 0.15) is 17.3 Å². The minimum absolute atomic E-state index is 0. The van der Waals surface area contributed by atoms with Crippen LogP contribution in [0.15, 0.2) is 40.8 Å². The van der Waals surface area contributed by atoms with Crippen molar-refractivity contribution in [3.05, 3.63) is 48.0 Å². The van der Waals surface area contributed by atoms with Crippen LogP contribution in [0.4, 0.5) is 4.39 Å². The Hall–Kier alpha value is -1.36. The van der Waals surface area contributed by atoms with Crippen molar-refractivity contribution in [2.45, 2.75) is 13.0 Å². The van der Waals surface area contributed by atoms with E-state index in [1.807, 2.05) is 12.1 Å². The van der Waals surface area contributed by atoms with Crippen LogP contribution in [0.5, 0.6) is 0 Å². The highest BCUT2D eigenvalue weighted by Crippen LogP contribution is 2.22. The average Bonchev–Trinajstić information content (AvgIpc) is 2.88. The van der Waals surface area contributed by atoms with Crippen molar-refractivity contribution in [2.75, 3.05) is 20.3 Å². The predicted octanol–water partition coefficient (Wildman–Crippen LogP) is 3.63. The molecule has 2 aromatic rings. The highest BCUT2D eigenvalue weighted by molar-refractivity contribution is 5.85. The fourth-order valence-corrected chi connectivity index (χ4v) is 1.80. The van der Waals surface area contributed by atoms with Crippen LogP contribution in [0.1, 0.15) is 12.2 Å². The maximum absolute atomic E-state index is 12.8. The molecule has 5 heteroatoms. The monoisotopic (exact) mass is 299 g/mol. The van der Waals surface area contributed by atoms with Gasteiger partial charge in [0.25, 0.3) is 0 Å². The quantitative estimate of drug-likeness (QED) is 0.793. The van der Waals surface area contributed by atoms with Gasteiger partial charge in [0.15, 0.2) is 0 Å². The summed E-state index contributed by atoms with van der Waals surface area (Å²) in [6.45, 7) is 2.33. The van der Waals surface area contributed by atoms with Crippen molar-refractivity contribution in [1.82, 2.24) is 5.32 Å². The molecule has 0 unspecified atom stereocenters. The summed E-state index contributed by atoms with van der Waals surface area (Å²) in [5.74, 6) is 1.39. The Balaban J connectivity index is 0.00000200. The van der Waals surface area contributed by atoms with E-state index in [0.29, 0.717) is 6.54 Å². The summed E-state index contributed by atoms with van der Waals surface area (Å²) in [4.78, 5) is 0. The Morgan fingerprint density at radius 3 is 2.60 bits per heavy atom. The Labute approximate surface area is 124 Å². The lowest BCUT2D eigenvalue weighted by Gasteiger charge is -2.02. The minimum Gasteiger partial charge on any atom is -0.460 e. The SMILES string of the molecule is COCCCNCc1ccc(-c2ccc(F)cc2)o1.Cl. The number of nitrogens with one attached hydrogen (secondary N) is 1. The molecule has 0 aliphatic heterocycles. The van der Waals surface area contributed by atoms with Crippen molar-refractivity contribution >= 4 is 12.4 Å². The van der Waals surface area contributed by atoms with Crippen molar-refractivity contribution < 1.29 is 13.5 Å². The molecule has 1 heterocycles. The van der Waals surface area contributed by atoms with Gasteiger partial charge in [-0.3, -0.25) is 0 Å². The largest absolute Gasteiger partial charge is 0.460 e. The first kappa shape index (κ1) is 16.7. The summed E-state index contributed by atoms with van der Waals surface area (Å²) < 4.78 is 23.5. The Bertz CT molecular complexity index is 499. The van der Waals surface area contributed by atoms with Crippen LogP contribution in [-0.2, 0) is 11.3 Å². The number of halogens is 2. The normalized spacial score (nSPS) is 10.3. The molecule has 0 saturated carbocycles. The van der Waals surface area contributed by atoms with Gasteiger partial charge in [-0.25, -0.2) is 4.39 Å². The Morgan fingerprint density at radius 1 is 1.15 bits per heavy atom. The molecule has 1 N–H and O–H groups in total. The number of benzene rings is 1. The van der Waals surface area contributed by atoms with Crippen molar-refractivity contribution in [1.29, 1.82) is 0 Å². The maximum Gasteiger partial charge on any atom is 0.134 e. The van der Waals surface area contributed by atoms with E-state index in [2.05, 4.69) is 5.32 Å². The maximum atomic E-state index is 12.8.